The summed E-state index contributed by atoms with van der Waals surface area (Å²) in [5.41, 5.74) is 6.74. The van der Waals surface area contributed by atoms with Crippen LogP contribution in [0.5, 0.6) is 0 Å². The monoisotopic (exact) mass is 271 g/mol. The molecule has 1 fully saturated rings. The van der Waals surface area contributed by atoms with E-state index in [4.69, 9.17) is 5.73 Å². The number of rotatable bonds is 5. The number of nitrogens with two attached hydrogens (primary N) is 1. The van der Waals surface area contributed by atoms with E-state index in [1.54, 1.807) is 12.3 Å². The average Bonchev–Trinajstić information content (AvgIpc) is 3.00. The fourth-order valence-electron chi connectivity index (χ4n) is 1.78. The average molecular weight is 271 g/mol. The molecule has 0 saturated heterocycles. The number of nitrogen functional groups attached to an aromatic ring is 1. The Bertz CT molecular complexity index is 558. The van der Waals surface area contributed by atoms with Gasteiger partial charge >= 0.3 is 0 Å². The first-order chi connectivity index (χ1) is 8.37. The summed E-state index contributed by atoms with van der Waals surface area (Å²) < 4.78 is 23.8. The van der Waals surface area contributed by atoms with Crippen molar-refractivity contribution >= 4 is 21.4 Å². The zero-order chi connectivity index (χ0) is 13.3. The number of sulfone groups is 1. The molecule has 1 saturated carbocycles. The van der Waals surface area contributed by atoms with Gasteiger partial charge in [0.15, 0.2) is 0 Å². The molecule has 1 aliphatic carbocycles. The quantitative estimate of drug-likeness (QED) is 0.798. The lowest BCUT2D eigenvalue weighted by atomic mass is 10.3. The molecule has 0 unspecified atom stereocenters. The van der Waals surface area contributed by atoms with E-state index in [1.807, 2.05) is 4.57 Å². The third-order valence-corrected chi connectivity index (χ3v) is 3.75. The van der Waals surface area contributed by atoms with Gasteiger partial charge < -0.3 is 15.6 Å². The molecule has 100 valence electrons. The maximum absolute atomic E-state index is 11.9. The van der Waals surface area contributed by atoms with Crippen LogP contribution in [0.4, 0.5) is 5.69 Å². The van der Waals surface area contributed by atoms with E-state index in [0.717, 1.165) is 19.1 Å². The smallest absolute Gasteiger partial charge is 0.268 e. The number of aromatic nitrogens is 1. The molecule has 18 heavy (non-hydrogen) atoms. The van der Waals surface area contributed by atoms with E-state index in [2.05, 4.69) is 5.32 Å². The SMILES string of the molecule is CS(=O)(=O)CCNC(=O)c1cc(N)cn1C1CC1. The summed E-state index contributed by atoms with van der Waals surface area (Å²) in [4.78, 5) is 11.9. The van der Waals surface area contributed by atoms with E-state index in [0.29, 0.717) is 17.4 Å². The normalized spacial score (nSPS) is 15.6. The highest BCUT2D eigenvalue weighted by Gasteiger charge is 2.27. The number of hydrogen-bond donors (Lipinski definition) is 2. The molecule has 2 rings (SSSR count). The first-order valence-electron chi connectivity index (χ1n) is 5.80. The maximum Gasteiger partial charge on any atom is 0.268 e. The zero-order valence-corrected chi connectivity index (χ0v) is 11.0. The summed E-state index contributed by atoms with van der Waals surface area (Å²) in [7, 11) is -3.06. The fraction of sp³-hybridized carbons (Fsp3) is 0.545. The summed E-state index contributed by atoms with van der Waals surface area (Å²) >= 11 is 0. The number of amides is 1. The summed E-state index contributed by atoms with van der Waals surface area (Å²) in [6.07, 6.45) is 5.00. The van der Waals surface area contributed by atoms with Gasteiger partial charge in [0.05, 0.1) is 11.4 Å². The number of anilines is 1. The molecule has 1 amide bonds. The van der Waals surface area contributed by atoms with Crippen molar-refractivity contribution in [3.8, 4) is 0 Å². The molecule has 1 aromatic rings. The van der Waals surface area contributed by atoms with Crippen LogP contribution in [0.2, 0.25) is 0 Å². The molecule has 0 bridgehead atoms. The van der Waals surface area contributed by atoms with Crippen LogP contribution in [0.15, 0.2) is 12.3 Å². The lowest BCUT2D eigenvalue weighted by molar-refractivity contribution is 0.0946. The lowest BCUT2D eigenvalue weighted by Crippen LogP contribution is -2.30. The molecule has 1 aromatic heterocycles. The van der Waals surface area contributed by atoms with Crippen molar-refractivity contribution in [1.82, 2.24) is 9.88 Å². The van der Waals surface area contributed by atoms with Crippen molar-refractivity contribution in [2.24, 2.45) is 0 Å². The molecular formula is C11H17N3O3S. The highest BCUT2D eigenvalue weighted by atomic mass is 32.2. The third kappa shape index (κ3) is 3.25. The van der Waals surface area contributed by atoms with Gasteiger partial charge in [-0.2, -0.15) is 0 Å². The Hall–Kier alpha value is -1.50. The van der Waals surface area contributed by atoms with Crippen LogP contribution in [-0.2, 0) is 9.84 Å². The summed E-state index contributed by atoms with van der Waals surface area (Å²) in [5, 5.41) is 2.60. The van der Waals surface area contributed by atoms with Crippen LogP contribution >= 0.6 is 0 Å². The van der Waals surface area contributed by atoms with E-state index in [-0.39, 0.29) is 18.2 Å². The molecule has 6 nitrogen and oxygen atoms in total. The van der Waals surface area contributed by atoms with Crippen molar-refractivity contribution in [3.05, 3.63) is 18.0 Å². The maximum atomic E-state index is 11.9. The summed E-state index contributed by atoms with van der Waals surface area (Å²) in [6.45, 7) is 0.118. The molecular weight excluding hydrogens is 254 g/mol. The van der Waals surface area contributed by atoms with E-state index >= 15 is 0 Å². The molecule has 0 aliphatic heterocycles. The summed E-state index contributed by atoms with van der Waals surface area (Å²) in [6, 6.07) is 1.98. The first kappa shape index (κ1) is 12.9. The fourth-order valence-corrected chi connectivity index (χ4v) is 2.25. The third-order valence-electron chi connectivity index (χ3n) is 2.80. The molecule has 1 aliphatic rings. The predicted octanol–water partition coefficient (Wildman–Crippen LogP) is 0.180. The minimum Gasteiger partial charge on any atom is -0.397 e. The van der Waals surface area contributed by atoms with Crippen LogP contribution in [0.3, 0.4) is 0 Å². The van der Waals surface area contributed by atoms with Crippen molar-refractivity contribution in [2.45, 2.75) is 18.9 Å². The second-order valence-corrected chi connectivity index (χ2v) is 6.94. The number of carbonyl (C=O) groups excluding carboxylic acids is 1. The van der Waals surface area contributed by atoms with Crippen molar-refractivity contribution in [1.29, 1.82) is 0 Å². The van der Waals surface area contributed by atoms with Crippen LogP contribution < -0.4 is 11.1 Å². The van der Waals surface area contributed by atoms with Gasteiger partial charge in [0.1, 0.15) is 15.5 Å². The van der Waals surface area contributed by atoms with Gasteiger partial charge in [-0.25, -0.2) is 8.42 Å². The molecule has 0 atom stereocenters. The minimum absolute atomic E-state index is 0.0572. The van der Waals surface area contributed by atoms with Crippen LogP contribution in [-0.4, -0.2) is 37.4 Å². The molecule has 3 N–H and O–H groups in total. The topological polar surface area (TPSA) is 94.2 Å². The summed E-state index contributed by atoms with van der Waals surface area (Å²) in [5.74, 6) is -0.333. The number of nitrogens with one attached hydrogen (secondary N) is 1. The van der Waals surface area contributed by atoms with Gasteiger partial charge in [0.2, 0.25) is 0 Å². The number of nitrogens with zero attached hydrogens (tertiary/aromatic N) is 1. The Balaban J connectivity index is 2.00. The van der Waals surface area contributed by atoms with Gasteiger partial charge in [0, 0.05) is 25.0 Å². The molecule has 7 heteroatoms. The largest absolute Gasteiger partial charge is 0.397 e. The molecule has 0 spiro atoms. The second kappa shape index (κ2) is 4.64. The van der Waals surface area contributed by atoms with Crippen LogP contribution in [0, 0.1) is 0 Å². The van der Waals surface area contributed by atoms with Crippen LogP contribution in [0.25, 0.3) is 0 Å². The highest BCUT2D eigenvalue weighted by Crippen LogP contribution is 2.37. The standard InChI is InChI=1S/C11H17N3O3S/c1-18(16,17)5-4-13-11(15)10-6-8(12)7-14(10)9-2-3-9/h6-7,9H,2-5,12H2,1H3,(H,13,15). The Morgan fingerprint density at radius 2 is 2.22 bits per heavy atom. The Morgan fingerprint density at radius 1 is 1.56 bits per heavy atom. The number of carbonyl (C=O) groups is 1. The first-order valence-corrected chi connectivity index (χ1v) is 7.86. The van der Waals surface area contributed by atoms with Gasteiger partial charge in [0.25, 0.3) is 5.91 Å². The predicted molar refractivity (Wildman–Crippen MR) is 69.2 cm³/mol. The van der Waals surface area contributed by atoms with Gasteiger partial charge in [-0.1, -0.05) is 0 Å². The van der Waals surface area contributed by atoms with E-state index in [9.17, 15) is 13.2 Å². The molecule has 0 radical (unpaired) electrons. The van der Waals surface area contributed by atoms with Gasteiger partial charge in [-0.3, -0.25) is 4.79 Å². The molecule has 1 heterocycles. The van der Waals surface area contributed by atoms with Crippen LogP contribution in [0.1, 0.15) is 29.4 Å². The van der Waals surface area contributed by atoms with Crippen molar-refractivity contribution < 1.29 is 13.2 Å². The number of hydrogen-bond acceptors (Lipinski definition) is 4. The van der Waals surface area contributed by atoms with Crippen molar-refractivity contribution in [2.75, 3.05) is 24.3 Å². The zero-order valence-electron chi connectivity index (χ0n) is 10.2. The van der Waals surface area contributed by atoms with Gasteiger partial charge in [-0.15, -0.1) is 0 Å². The van der Waals surface area contributed by atoms with Gasteiger partial charge in [-0.05, 0) is 18.9 Å². The Labute approximate surface area is 106 Å². The Morgan fingerprint density at radius 3 is 2.78 bits per heavy atom. The lowest BCUT2D eigenvalue weighted by Gasteiger charge is -2.07. The molecule has 0 aromatic carbocycles. The Kier molecular flexibility index (Phi) is 3.34. The second-order valence-electron chi connectivity index (χ2n) is 4.68. The van der Waals surface area contributed by atoms with E-state index in [1.165, 1.54) is 0 Å². The van der Waals surface area contributed by atoms with Crippen molar-refractivity contribution in [3.63, 3.8) is 0 Å². The minimum atomic E-state index is -3.06. The van der Waals surface area contributed by atoms with E-state index < -0.39 is 9.84 Å². The highest BCUT2D eigenvalue weighted by molar-refractivity contribution is 7.90.